The first-order chi connectivity index (χ1) is 12.9. The zero-order chi connectivity index (χ0) is 19.2. The highest BCUT2D eigenvalue weighted by atomic mass is 79.9. The van der Waals surface area contributed by atoms with Crippen molar-refractivity contribution in [3.63, 3.8) is 0 Å². The number of hydrogen-bond acceptors (Lipinski definition) is 0. The van der Waals surface area contributed by atoms with E-state index < -0.39 is 17.2 Å². The number of alkyl halides is 3. The van der Waals surface area contributed by atoms with Gasteiger partial charge in [0, 0.05) is 9.51 Å². The van der Waals surface area contributed by atoms with Crippen LogP contribution in [0.2, 0.25) is 5.02 Å². The minimum absolute atomic E-state index is 0.0807. The molecule has 0 spiro atoms. The van der Waals surface area contributed by atoms with Crippen molar-refractivity contribution in [3.8, 4) is 0 Å². The number of hydrogen-bond donors (Lipinski definition) is 0. The molecule has 0 amide bonds. The van der Waals surface area contributed by atoms with Crippen LogP contribution in [0.4, 0.5) is 13.2 Å². The van der Waals surface area contributed by atoms with E-state index in [1.54, 1.807) is 12.1 Å². The van der Waals surface area contributed by atoms with Crippen LogP contribution in [0, 0.1) is 0 Å². The van der Waals surface area contributed by atoms with Crippen LogP contribution in [0.25, 0.3) is 5.57 Å². The Hall–Kier alpha value is -2.04. The van der Waals surface area contributed by atoms with Crippen molar-refractivity contribution in [2.45, 2.75) is 11.6 Å². The van der Waals surface area contributed by atoms with Gasteiger partial charge in [-0.25, -0.2) is 0 Å². The third-order valence-corrected chi connectivity index (χ3v) is 6.13. The zero-order valence-electron chi connectivity index (χ0n) is 13.9. The molecule has 0 nitrogen and oxygen atoms in total. The van der Waals surface area contributed by atoms with Crippen molar-refractivity contribution in [2.75, 3.05) is 0 Å². The van der Waals surface area contributed by atoms with E-state index in [1.807, 2.05) is 60.7 Å². The number of rotatable bonds is 2. The molecule has 0 fully saturated rings. The second kappa shape index (κ2) is 6.54. The van der Waals surface area contributed by atoms with Crippen LogP contribution >= 0.6 is 27.5 Å². The normalized spacial score (nSPS) is 15.7. The third kappa shape index (κ3) is 2.74. The summed E-state index contributed by atoms with van der Waals surface area (Å²) in [5.41, 5.74) is 0.399. The summed E-state index contributed by atoms with van der Waals surface area (Å²) >= 11 is 9.43. The molecule has 136 valence electrons. The van der Waals surface area contributed by atoms with Gasteiger partial charge in [-0.1, -0.05) is 94.3 Å². The predicted octanol–water partition coefficient (Wildman–Crippen LogP) is 7.36. The second-order valence-electron chi connectivity index (χ2n) is 6.36. The lowest BCUT2D eigenvalue weighted by Gasteiger charge is -2.33. The van der Waals surface area contributed by atoms with E-state index in [0.717, 1.165) is 11.1 Å². The average molecular weight is 450 g/mol. The van der Waals surface area contributed by atoms with Gasteiger partial charge < -0.3 is 0 Å². The van der Waals surface area contributed by atoms with Gasteiger partial charge >= 0.3 is 6.18 Å². The van der Waals surface area contributed by atoms with Gasteiger partial charge in [-0.3, -0.25) is 0 Å². The molecular weight excluding hydrogens is 437 g/mol. The topological polar surface area (TPSA) is 0 Å². The lowest BCUT2D eigenvalue weighted by molar-refractivity contribution is -0.0689. The maximum absolute atomic E-state index is 14.1. The second-order valence-corrected chi connectivity index (χ2v) is 7.59. The maximum atomic E-state index is 14.1. The van der Waals surface area contributed by atoms with Crippen LogP contribution in [0.5, 0.6) is 0 Å². The highest BCUT2D eigenvalue weighted by molar-refractivity contribution is 9.12. The Bertz CT molecular complexity index is 985. The molecule has 0 unspecified atom stereocenters. The quantitative estimate of drug-likeness (QED) is 0.383. The van der Waals surface area contributed by atoms with Crippen molar-refractivity contribution >= 4 is 33.1 Å². The number of halogens is 5. The molecule has 0 radical (unpaired) electrons. The van der Waals surface area contributed by atoms with E-state index in [2.05, 4.69) is 15.9 Å². The molecule has 0 aromatic heterocycles. The average Bonchev–Trinajstić information content (AvgIpc) is 2.91. The SMILES string of the molecule is FC(F)(F)C1=C(Br)C(c2ccccc2)(c2ccccc2)c2ccc(Cl)cc21. The van der Waals surface area contributed by atoms with Crippen LogP contribution in [0.3, 0.4) is 0 Å². The summed E-state index contributed by atoms with van der Waals surface area (Å²) in [6.45, 7) is 0. The van der Waals surface area contributed by atoms with Gasteiger partial charge in [0.1, 0.15) is 0 Å². The standard InChI is InChI=1S/C22H13BrClF3/c23-20-19(22(25,26)27)17-13-16(24)11-12-18(17)21(20,14-7-3-1-4-8-14)15-9-5-2-6-10-15/h1-13H. The number of fused-ring (bicyclic) bond motifs is 1. The lowest BCUT2D eigenvalue weighted by Crippen LogP contribution is -2.28. The van der Waals surface area contributed by atoms with Crippen molar-refractivity contribution in [1.82, 2.24) is 0 Å². The van der Waals surface area contributed by atoms with Gasteiger partial charge in [-0.2, -0.15) is 13.2 Å². The first-order valence-corrected chi connectivity index (χ1v) is 9.43. The molecule has 27 heavy (non-hydrogen) atoms. The maximum Gasteiger partial charge on any atom is 0.417 e. The Morgan fingerprint density at radius 3 is 1.78 bits per heavy atom. The van der Waals surface area contributed by atoms with Gasteiger partial charge in [0.15, 0.2) is 0 Å². The summed E-state index contributed by atoms with van der Waals surface area (Å²) in [4.78, 5) is 0. The Morgan fingerprint density at radius 1 is 0.778 bits per heavy atom. The van der Waals surface area contributed by atoms with Gasteiger partial charge in [0.05, 0.1) is 11.0 Å². The molecule has 0 saturated heterocycles. The summed E-state index contributed by atoms with van der Waals surface area (Å²) in [5.74, 6) is 0. The first kappa shape index (κ1) is 18.3. The van der Waals surface area contributed by atoms with E-state index in [1.165, 1.54) is 6.07 Å². The zero-order valence-corrected chi connectivity index (χ0v) is 16.2. The minimum Gasteiger partial charge on any atom is -0.166 e. The fraction of sp³-hybridized carbons (Fsp3) is 0.0909. The molecule has 0 aliphatic heterocycles. The summed E-state index contributed by atoms with van der Waals surface area (Å²) in [5, 5.41) is 0.271. The Kier molecular flexibility index (Phi) is 4.44. The largest absolute Gasteiger partial charge is 0.417 e. The molecule has 0 bridgehead atoms. The van der Waals surface area contributed by atoms with Crippen molar-refractivity contribution in [2.24, 2.45) is 0 Å². The molecule has 1 aliphatic rings. The Balaban J connectivity index is 2.19. The molecule has 1 aliphatic carbocycles. The van der Waals surface area contributed by atoms with Crippen molar-refractivity contribution in [1.29, 1.82) is 0 Å². The van der Waals surface area contributed by atoms with E-state index in [4.69, 9.17) is 11.6 Å². The van der Waals surface area contributed by atoms with Crippen LogP contribution < -0.4 is 0 Å². The molecule has 0 N–H and O–H groups in total. The third-order valence-electron chi connectivity index (χ3n) is 4.90. The summed E-state index contributed by atoms with van der Waals surface area (Å²) in [7, 11) is 0. The molecule has 4 rings (SSSR count). The highest BCUT2D eigenvalue weighted by Gasteiger charge is 2.53. The Morgan fingerprint density at radius 2 is 1.30 bits per heavy atom. The van der Waals surface area contributed by atoms with E-state index in [9.17, 15) is 13.2 Å². The number of benzene rings is 3. The molecule has 3 aromatic rings. The van der Waals surface area contributed by atoms with Crippen LogP contribution in [-0.4, -0.2) is 6.18 Å². The van der Waals surface area contributed by atoms with Crippen LogP contribution in [0.15, 0.2) is 83.3 Å². The molecule has 0 heterocycles. The van der Waals surface area contributed by atoms with E-state index >= 15 is 0 Å². The lowest BCUT2D eigenvalue weighted by atomic mass is 9.71. The van der Waals surface area contributed by atoms with Gasteiger partial charge in [-0.15, -0.1) is 0 Å². The molecule has 3 aromatic carbocycles. The van der Waals surface area contributed by atoms with E-state index in [-0.39, 0.29) is 15.1 Å². The fourth-order valence-corrected chi connectivity index (χ4v) is 5.14. The predicted molar refractivity (Wildman–Crippen MR) is 106 cm³/mol. The summed E-state index contributed by atoms with van der Waals surface area (Å²) < 4.78 is 42.3. The summed E-state index contributed by atoms with van der Waals surface area (Å²) in [6.07, 6.45) is -4.52. The molecule has 0 saturated carbocycles. The smallest absolute Gasteiger partial charge is 0.166 e. The van der Waals surface area contributed by atoms with Crippen molar-refractivity contribution < 1.29 is 13.2 Å². The van der Waals surface area contributed by atoms with Gasteiger partial charge in [-0.05, 0) is 34.4 Å². The van der Waals surface area contributed by atoms with Gasteiger partial charge in [0.2, 0.25) is 0 Å². The van der Waals surface area contributed by atoms with Crippen LogP contribution in [0.1, 0.15) is 22.3 Å². The molecular formula is C22H13BrClF3. The monoisotopic (exact) mass is 448 g/mol. The first-order valence-electron chi connectivity index (χ1n) is 8.25. The fourth-order valence-electron chi connectivity index (χ4n) is 3.86. The highest BCUT2D eigenvalue weighted by Crippen LogP contribution is 2.60. The van der Waals surface area contributed by atoms with Gasteiger partial charge in [0.25, 0.3) is 0 Å². The van der Waals surface area contributed by atoms with Crippen LogP contribution in [-0.2, 0) is 5.41 Å². The number of allylic oxidation sites excluding steroid dienone is 2. The molecule has 5 heteroatoms. The van der Waals surface area contributed by atoms with Crippen molar-refractivity contribution in [3.05, 3.63) is 111 Å². The minimum atomic E-state index is -4.52. The van der Waals surface area contributed by atoms with E-state index in [0.29, 0.717) is 5.56 Å². The Labute approximate surface area is 168 Å². The molecule has 0 atom stereocenters. The summed E-state index contributed by atoms with van der Waals surface area (Å²) in [6, 6.07) is 23.2.